The van der Waals surface area contributed by atoms with Crippen molar-refractivity contribution in [3.8, 4) is 0 Å². The molecule has 1 fully saturated rings. The Balaban J connectivity index is 1.43. The van der Waals surface area contributed by atoms with Crippen molar-refractivity contribution in [2.24, 2.45) is 5.92 Å². The number of aromatic nitrogens is 1. The van der Waals surface area contributed by atoms with Gasteiger partial charge in [-0.15, -0.1) is 0 Å². The number of anilines is 1. The van der Waals surface area contributed by atoms with E-state index in [9.17, 15) is 22.0 Å². The molecule has 2 aromatic carbocycles. The van der Waals surface area contributed by atoms with Crippen molar-refractivity contribution < 1.29 is 26.5 Å². The van der Waals surface area contributed by atoms with Gasteiger partial charge >= 0.3 is 0 Å². The molecule has 0 radical (unpaired) electrons. The molecule has 0 atom stereocenters. The zero-order valence-corrected chi connectivity index (χ0v) is 21.7. The summed E-state index contributed by atoms with van der Waals surface area (Å²) in [5, 5.41) is 6.71. The zero-order valence-electron chi connectivity index (χ0n) is 20.9. The first-order valence-electron chi connectivity index (χ1n) is 12.1. The van der Waals surface area contributed by atoms with Crippen LogP contribution < -0.4 is 5.32 Å². The van der Waals surface area contributed by atoms with Crippen LogP contribution in [-0.2, 0) is 14.8 Å². The van der Waals surface area contributed by atoms with Crippen LogP contribution in [0.5, 0.6) is 0 Å². The number of nitrogens with zero attached hydrogens (tertiary/aromatic N) is 2. The molecule has 4 rings (SSSR count). The number of hydrogen-bond donors (Lipinski definition) is 1. The van der Waals surface area contributed by atoms with E-state index >= 15 is 0 Å². The first-order chi connectivity index (χ1) is 17.6. The lowest BCUT2D eigenvalue weighted by Gasteiger charge is -2.30. The van der Waals surface area contributed by atoms with Crippen molar-refractivity contribution in [2.75, 3.05) is 18.4 Å². The van der Waals surface area contributed by atoms with Gasteiger partial charge in [-0.25, -0.2) is 17.2 Å². The molecule has 1 saturated heterocycles. The molecule has 196 valence electrons. The van der Waals surface area contributed by atoms with Gasteiger partial charge in [0, 0.05) is 36.3 Å². The summed E-state index contributed by atoms with van der Waals surface area (Å²) in [6, 6.07) is 10.8. The van der Waals surface area contributed by atoms with Crippen molar-refractivity contribution in [1.29, 1.82) is 0 Å². The minimum atomic E-state index is -3.98. The molecule has 0 aliphatic carbocycles. The van der Waals surface area contributed by atoms with E-state index in [0.717, 1.165) is 12.1 Å². The molecule has 10 heteroatoms. The molecule has 0 spiro atoms. The Bertz CT molecular complexity index is 1410. The lowest BCUT2D eigenvalue weighted by atomic mass is 9.97. The number of piperidine rings is 1. The van der Waals surface area contributed by atoms with Gasteiger partial charge in [-0.2, -0.15) is 4.31 Å². The maximum atomic E-state index is 14.0. The Morgan fingerprint density at radius 1 is 1.11 bits per heavy atom. The van der Waals surface area contributed by atoms with Crippen molar-refractivity contribution in [3.63, 3.8) is 0 Å². The van der Waals surface area contributed by atoms with Crippen LogP contribution >= 0.6 is 0 Å². The fourth-order valence-electron chi connectivity index (χ4n) is 4.28. The van der Waals surface area contributed by atoms with Crippen molar-refractivity contribution >= 4 is 33.8 Å². The quantitative estimate of drug-likeness (QED) is 0.431. The average Bonchev–Trinajstić information content (AvgIpc) is 3.25. The normalized spacial score (nSPS) is 15.5. The molecule has 1 aromatic heterocycles. The minimum Gasteiger partial charge on any atom is -0.355 e. The first kappa shape index (κ1) is 26.7. The van der Waals surface area contributed by atoms with Gasteiger partial charge in [0.2, 0.25) is 15.9 Å². The van der Waals surface area contributed by atoms with E-state index in [1.807, 2.05) is 24.3 Å². The van der Waals surface area contributed by atoms with Gasteiger partial charge in [0.1, 0.15) is 17.3 Å². The van der Waals surface area contributed by atoms with Gasteiger partial charge in [0.05, 0.1) is 0 Å². The van der Waals surface area contributed by atoms with Crippen LogP contribution in [0.15, 0.2) is 51.9 Å². The fourth-order valence-corrected chi connectivity index (χ4v) is 6.00. The van der Waals surface area contributed by atoms with Crippen LogP contribution in [0.1, 0.15) is 55.2 Å². The summed E-state index contributed by atoms with van der Waals surface area (Å²) in [5.74, 6) is -1.61. The third kappa shape index (κ3) is 5.97. The Labute approximate surface area is 215 Å². The second-order valence-corrected chi connectivity index (χ2v) is 11.3. The topological polar surface area (TPSA) is 92.5 Å². The summed E-state index contributed by atoms with van der Waals surface area (Å²) in [7, 11) is -3.98. The Morgan fingerprint density at radius 2 is 1.78 bits per heavy atom. The first-order valence-corrected chi connectivity index (χ1v) is 13.5. The number of aryl methyl sites for hydroxylation is 1. The van der Waals surface area contributed by atoms with Crippen LogP contribution in [0.4, 0.5) is 14.5 Å². The third-order valence-corrected chi connectivity index (χ3v) is 8.54. The van der Waals surface area contributed by atoms with Crippen molar-refractivity contribution in [2.45, 2.75) is 44.4 Å². The van der Waals surface area contributed by atoms with Gasteiger partial charge < -0.3 is 9.84 Å². The molecule has 7 nitrogen and oxygen atoms in total. The molecular weight excluding hydrogens is 500 g/mol. The van der Waals surface area contributed by atoms with Crippen LogP contribution in [0.3, 0.4) is 0 Å². The number of amides is 1. The monoisotopic (exact) mass is 529 g/mol. The summed E-state index contributed by atoms with van der Waals surface area (Å²) >= 11 is 0. The largest absolute Gasteiger partial charge is 0.355 e. The highest BCUT2D eigenvalue weighted by atomic mass is 32.2. The lowest BCUT2D eigenvalue weighted by Crippen LogP contribution is -2.41. The van der Waals surface area contributed by atoms with E-state index in [-0.39, 0.29) is 46.8 Å². The molecule has 37 heavy (non-hydrogen) atoms. The summed E-state index contributed by atoms with van der Waals surface area (Å²) < 4.78 is 60.5. The second-order valence-electron chi connectivity index (χ2n) is 9.40. The predicted octanol–water partition coefficient (Wildman–Crippen LogP) is 5.59. The van der Waals surface area contributed by atoms with E-state index < -0.39 is 21.7 Å². The lowest BCUT2D eigenvalue weighted by molar-refractivity contribution is -0.120. The Hall–Kier alpha value is -3.37. The molecular formula is C27H29F2N3O4S. The van der Waals surface area contributed by atoms with E-state index in [1.165, 1.54) is 35.0 Å². The minimum absolute atomic E-state index is 0.0501. The van der Waals surface area contributed by atoms with Crippen LogP contribution in [0, 0.1) is 24.5 Å². The highest BCUT2D eigenvalue weighted by Crippen LogP contribution is 2.30. The summed E-state index contributed by atoms with van der Waals surface area (Å²) in [5.41, 5.74) is 2.13. The number of carbonyl (C=O) groups excluding carboxylic acids is 1. The number of sulfonamides is 1. The Morgan fingerprint density at radius 3 is 2.41 bits per heavy atom. The summed E-state index contributed by atoms with van der Waals surface area (Å²) in [6.45, 7) is 6.03. The fraction of sp³-hybridized carbons (Fsp3) is 0.333. The highest BCUT2D eigenvalue weighted by molar-refractivity contribution is 7.89. The molecule has 3 aromatic rings. The number of benzene rings is 2. The smallest absolute Gasteiger partial charge is 0.248 e. The highest BCUT2D eigenvalue weighted by Gasteiger charge is 2.36. The molecule has 1 N–H and O–H groups in total. The summed E-state index contributed by atoms with van der Waals surface area (Å²) in [6.07, 6.45) is 3.34. The SMILES string of the molecule is Cc1noc(/C=C/c2ccc(F)cc2F)c1S(=O)(=O)N1CCC(C(=O)Nc2ccc(C(C)C)cc2)CC1. The Kier molecular flexibility index (Phi) is 7.89. The van der Waals surface area contributed by atoms with Gasteiger partial charge in [0.15, 0.2) is 10.7 Å². The maximum absolute atomic E-state index is 14.0. The number of nitrogens with one attached hydrogen (secondary N) is 1. The van der Waals surface area contributed by atoms with Crippen LogP contribution in [-0.4, -0.2) is 36.9 Å². The number of hydrogen-bond acceptors (Lipinski definition) is 5. The number of halogens is 2. The number of carbonyl (C=O) groups is 1. The molecule has 2 heterocycles. The van der Waals surface area contributed by atoms with E-state index in [2.05, 4.69) is 24.3 Å². The molecule has 0 unspecified atom stereocenters. The molecule has 1 aliphatic heterocycles. The van der Waals surface area contributed by atoms with E-state index in [1.54, 1.807) is 0 Å². The van der Waals surface area contributed by atoms with Crippen molar-refractivity contribution in [3.05, 3.63) is 76.7 Å². The third-order valence-electron chi connectivity index (χ3n) is 6.48. The van der Waals surface area contributed by atoms with E-state index in [4.69, 9.17) is 4.52 Å². The summed E-state index contributed by atoms with van der Waals surface area (Å²) in [4.78, 5) is 12.7. The molecule has 0 bridgehead atoms. The number of rotatable bonds is 7. The average molecular weight is 530 g/mol. The van der Waals surface area contributed by atoms with Gasteiger partial charge in [-0.05, 0) is 67.7 Å². The molecule has 0 saturated carbocycles. The standard InChI is InChI=1S/C27H29F2N3O4S/c1-17(2)19-5-9-23(10-6-19)30-27(33)21-12-14-32(15-13-21)37(34,35)26-18(3)31-36-25(26)11-7-20-4-8-22(28)16-24(20)29/h4-11,16-17,21H,12-15H2,1-3H3,(H,30,33)/b11-7+. The van der Waals surface area contributed by atoms with Gasteiger partial charge in [-0.3, -0.25) is 4.79 Å². The van der Waals surface area contributed by atoms with Gasteiger partial charge in [0.25, 0.3) is 0 Å². The maximum Gasteiger partial charge on any atom is 0.248 e. The predicted molar refractivity (Wildman–Crippen MR) is 137 cm³/mol. The second kappa shape index (κ2) is 10.9. The van der Waals surface area contributed by atoms with E-state index in [0.29, 0.717) is 24.4 Å². The zero-order chi connectivity index (χ0) is 26.7. The molecule has 1 aliphatic rings. The van der Waals surface area contributed by atoms with Crippen molar-refractivity contribution in [1.82, 2.24) is 9.46 Å². The van der Waals surface area contributed by atoms with Crippen LogP contribution in [0.2, 0.25) is 0 Å². The van der Waals surface area contributed by atoms with Gasteiger partial charge in [-0.1, -0.05) is 31.1 Å². The van der Waals surface area contributed by atoms with Crippen LogP contribution in [0.25, 0.3) is 12.2 Å². The molecule has 1 amide bonds.